The topological polar surface area (TPSA) is 29.5 Å². The Hall–Kier alpha value is -1.02. The molecule has 2 heteroatoms. The predicted octanol–water partition coefficient (Wildman–Crippen LogP) is 3.26. The van der Waals surface area contributed by atoms with E-state index >= 15 is 0 Å². The molecule has 1 aliphatic carbocycles. The van der Waals surface area contributed by atoms with E-state index in [0.29, 0.717) is 5.92 Å². The summed E-state index contributed by atoms with van der Waals surface area (Å²) in [6, 6.07) is 6.39. The molecule has 1 N–H and O–H groups in total. The van der Waals surface area contributed by atoms with Crippen LogP contribution in [0.3, 0.4) is 0 Å². The summed E-state index contributed by atoms with van der Waals surface area (Å²) in [5, 5.41) is 9.74. The number of rotatable bonds is 3. The highest BCUT2D eigenvalue weighted by Gasteiger charge is 2.53. The highest BCUT2D eigenvalue weighted by Crippen LogP contribution is 2.56. The van der Waals surface area contributed by atoms with E-state index in [0.717, 1.165) is 12.2 Å². The summed E-state index contributed by atoms with van der Waals surface area (Å²) < 4.78 is 5.48. The van der Waals surface area contributed by atoms with Crippen molar-refractivity contribution in [1.82, 2.24) is 0 Å². The fourth-order valence-corrected chi connectivity index (χ4v) is 2.73. The van der Waals surface area contributed by atoms with Gasteiger partial charge >= 0.3 is 0 Å². The zero-order valence-corrected chi connectivity index (χ0v) is 12.1. The van der Waals surface area contributed by atoms with Crippen molar-refractivity contribution in [2.24, 2.45) is 5.92 Å². The Morgan fingerprint density at radius 2 is 2.00 bits per heavy atom. The van der Waals surface area contributed by atoms with Crippen LogP contribution in [-0.4, -0.2) is 18.8 Å². The van der Waals surface area contributed by atoms with Gasteiger partial charge in [-0.25, -0.2) is 0 Å². The molecule has 0 amide bonds. The number of aliphatic hydroxyl groups excluding tert-OH is 1. The monoisotopic (exact) mass is 248 g/mol. The molecular weight excluding hydrogens is 224 g/mol. The molecule has 1 aromatic rings. The van der Waals surface area contributed by atoms with E-state index in [1.807, 2.05) is 6.07 Å². The number of methoxy groups -OCH3 is 1. The maximum atomic E-state index is 9.74. The molecule has 1 aromatic carbocycles. The Morgan fingerprint density at radius 3 is 2.39 bits per heavy atom. The fourth-order valence-electron chi connectivity index (χ4n) is 2.73. The minimum Gasteiger partial charge on any atom is -0.496 e. The quantitative estimate of drug-likeness (QED) is 0.889. The van der Waals surface area contributed by atoms with Crippen molar-refractivity contribution < 1.29 is 9.84 Å². The van der Waals surface area contributed by atoms with E-state index in [-0.39, 0.29) is 17.4 Å². The van der Waals surface area contributed by atoms with Crippen LogP contribution in [0.2, 0.25) is 0 Å². The molecule has 2 nitrogen and oxygen atoms in total. The molecule has 100 valence electrons. The smallest absolute Gasteiger partial charge is 0.122 e. The molecule has 2 unspecified atom stereocenters. The Labute approximate surface area is 110 Å². The lowest BCUT2D eigenvalue weighted by atomic mass is 9.83. The Morgan fingerprint density at radius 1 is 1.39 bits per heavy atom. The van der Waals surface area contributed by atoms with E-state index in [9.17, 15) is 5.11 Å². The van der Waals surface area contributed by atoms with Gasteiger partial charge in [-0.15, -0.1) is 0 Å². The van der Waals surface area contributed by atoms with Crippen LogP contribution in [0, 0.1) is 5.92 Å². The standard InChI is InChI=1S/C16H24O2/c1-11-9-16(11,10-17)13-8-12(15(2,3)4)6-7-14(13)18-5/h6-8,11,17H,9-10H2,1-5H3. The third kappa shape index (κ3) is 2.03. The van der Waals surface area contributed by atoms with E-state index < -0.39 is 0 Å². The van der Waals surface area contributed by atoms with Crippen molar-refractivity contribution in [3.05, 3.63) is 29.3 Å². The van der Waals surface area contributed by atoms with E-state index in [1.54, 1.807) is 7.11 Å². The highest BCUT2D eigenvalue weighted by atomic mass is 16.5. The molecule has 2 atom stereocenters. The Kier molecular flexibility index (Phi) is 3.18. The number of ether oxygens (including phenoxy) is 1. The lowest BCUT2D eigenvalue weighted by molar-refractivity contribution is 0.243. The van der Waals surface area contributed by atoms with Crippen molar-refractivity contribution in [1.29, 1.82) is 0 Å². The Bertz CT molecular complexity index is 441. The number of aliphatic hydroxyl groups is 1. The van der Waals surface area contributed by atoms with Gasteiger partial charge in [-0.2, -0.15) is 0 Å². The second-order valence-corrected chi connectivity index (χ2v) is 6.58. The molecule has 0 radical (unpaired) electrons. The molecule has 0 saturated heterocycles. The van der Waals surface area contributed by atoms with Crippen molar-refractivity contribution >= 4 is 0 Å². The van der Waals surface area contributed by atoms with Crippen LogP contribution < -0.4 is 4.74 Å². The molecule has 0 spiro atoms. The SMILES string of the molecule is COc1ccc(C(C)(C)C)cc1C1(CO)CC1C. The summed E-state index contributed by atoms with van der Waals surface area (Å²) in [6.45, 7) is 9.03. The van der Waals surface area contributed by atoms with Gasteiger partial charge in [-0.05, 0) is 29.4 Å². The van der Waals surface area contributed by atoms with Gasteiger partial charge in [0.15, 0.2) is 0 Å². The van der Waals surface area contributed by atoms with Gasteiger partial charge < -0.3 is 9.84 Å². The normalized spacial score (nSPS) is 27.1. The lowest BCUT2D eigenvalue weighted by Gasteiger charge is -2.24. The molecule has 0 aliphatic heterocycles. The first-order valence-electron chi connectivity index (χ1n) is 6.65. The highest BCUT2D eigenvalue weighted by molar-refractivity contribution is 5.48. The number of hydrogen-bond acceptors (Lipinski definition) is 2. The van der Waals surface area contributed by atoms with Crippen molar-refractivity contribution in [3.8, 4) is 5.75 Å². The van der Waals surface area contributed by atoms with Gasteiger partial charge in [-0.3, -0.25) is 0 Å². The van der Waals surface area contributed by atoms with Crippen LogP contribution in [0.15, 0.2) is 18.2 Å². The number of benzene rings is 1. The van der Waals surface area contributed by atoms with Gasteiger partial charge in [0.25, 0.3) is 0 Å². The lowest BCUT2D eigenvalue weighted by Crippen LogP contribution is -2.19. The maximum Gasteiger partial charge on any atom is 0.122 e. The molecule has 1 fully saturated rings. The second kappa shape index (κ2) is 4.27. The average molecular weight is 248 g/mol. The largest absolute Gasteiger partial charge is 0.496 e. The van der Waals surface area contributed by atoms with Crippen LogP contribution in [0.25, 0.3) is 0 Å². The summed E-state index contributed by atoms with van der Waals surface area (Å²) in [7, 11) is 1.70. The first-order valence-corrected chi connectivity index (χ1v) is 6.65. The predicted molar refractivity (Wildman–Crippen MR) is 74.2 cm³/mol. The van der Waals surface area contributed by atoms with Crippen LogP contribution in [0.5, 0.6) is 5.75 Å². The van der Waals surface area contributed by atoms with Gasteiger partial charge in [0.05, 0.1) is 13.7 Å². The molecule has 2 rings (SSSR count). The average Bonchev–Trinajstić information content (AvgIpc) is 2.99. The molecule has 0 aromatic heterocycles. The van der Waals surface area contributed by atoms with Crippen LogP contribution in [0.1, 0.15) is 45.2 Å². The third-order valence-electron chi connectivity index (χ3n) is 4.34. The van der Waals surface area contributed by atoms with Crippen LogP contribution in [0.4, 0.5) is 0 Å². The van der Waals surface area contributed by atoms with Crippen molar-refractivity contribution in [2.45, 2.75) is 44.9 Å². The fraction of sp³-hybridized carbons (Fsp3) is 0.625. The first-order chi connectivity index (χ1) is 8.35. The van der Waals surface area contributed by atoms with Gasteiger partial charge in [-0.1, -0.05) is 39.8 Å². The molecule has 18 heavy (non-hydrogen) atoms. The molecule has 1 aliphatic rings. The van der Waals surface area contributed by atoms with Gasteiger partial charge in [0.1, 0.15) is 5.75 Å². The van der Waals surface area contributed by atoms with Gasteiger partial charge in [0.2, 0.25) is 0 Å². The third-order valence-corrected chi connectivity index (χ3v) is 4.34. The van der Waals surface area contributed by atoms with Crippen molar-refractivity contribution in [2.75, 3.05) is 13.7 Å². The first kappa shape index (κ1) is 13.4. The zero-order valence-electron chi connectivity index (χ0n) is 12.1. The summed E-state index contributed by atoms with van der Waals surface area (Å²) >= 11 is 0. The molecule has 1 saturated carbocycles. The summed E-state index contributed by atoms with van der Waals surface area (Å²) in [4.78, 5) is 0. The summed E-state index contributed by atoms with van der Waals surface area (Å²) in [5.41, 5.74) is 2.51. The maximum absolute atomic E-state index is 9.74. The van der Waals surface area contributed by atoms with E-state index in [4.69, 9.17) is 4.74 Å². The molecule has 0 heterocycles. The van der Waals surface area contributed by atoms with E-state index in [1.165, 1.54) is 11.1 Å². The van der Waals surface area contributed by atoms with Crippen LogP contribution in [-0.2, 0) is 10.8 Å². The Balaban J connectivity index is 2.51. The van der Waals surface area contributed by atoms with E-state index in [2.05, 4.69) is 39.8 Å². The summed E-state index contributed by atoms with van der Waals surface area (Å²) in [5.74, 6) is 1.44. The van der Waals surface area contributed by atoms with Crippen molar-refractivity contribution in [3.63, 3.8) is 0 Å². The van der Waals surface area contributed by atoms with Crippen LogP contribution >= 0.6 is 0 Å². The molecular formula is C16H24O2. The molecule has 0 bridgehead atoms. The minimum atomic E-state index is -0.0768. The van der Waals surface area contributed by atoms with Gasteiger partial charge in [0, 0.05) is 11.0 Å². The zero-order chi connectivity index (χ0) is 13.6. The minimum absolute atomic E-state index is 0.0768. The summed E-state index contributed by atoms with van der Waals surface area (Å²) in [6.07, 6.45) is 1.05. The number of hydrogen-bond donors (Lipinski definition) is 1. The second-order valence-electron chi connectivity index (χ2n) is 6.58.